The lowest BCUT2D eigenvalue weighted by atomic mass is 10.2. The number of nitrogen functional groups attached to an aromatic ring is 1. The van der Waals surface area contributed by atoms with Crippen molar-refractivity contribution in [1.82, 2.24) is 14.7 Å². The number of nitrogens with one attached hydrogen (secondary N) is 2. The number of hydrogen-bond acceptors (Lipinski definition) is 4. The van der Waals surface area contributed by atoms with Crippen LogP contribution in [0.3, 0.4) is 0 Å². The van der Waals surface area contributed by atoms with E-state index >= 15 is 0 Å². The molecule has 0 aliphatic rings. The van der Waals surface area contributed by atoms with Crippen molar-refractivity contribution in [3.8, 4) is 0 Å². The first-order valence-corrected chi connectivity index (χ1v) is 9.18. The number of anilines is 1. The van der Waals surface area contributed by atoms with Crippen molar-refractivity contribution in [2.45, 2.75) is 24.3 Å². The van der Waals surface area contributed by atoms with Gasteiger partial charge in [0.15, 0.2) is 0 Å². The van der Waals surface area contributed by atoms with Gasteiger partial charge in [-0.1, -0.05) is 22.9 Å². The summed E-state index contributed by atoms with van der Waals surface area (Å²) in [5.74, 6) is 0.563. The summed E-state index contributed by atoms with van der Waals surface area (Å²) in [6.07, 6.45) is 3.78. The first kappa shape index (κ1) is 16.5. The van der Waals surface area contributed by atoms with Crippen molar-refractivity contribution in [3.05, 3.63) is 39.3 Å². The first-order valence-electron chi connectivity index (χ1n) is 6.11. The summed E-state index contributed by atoms with van der Waals surface area (Å²) in [7, 11) is -3.78. The number of H-pyrrole nitrogens is 1. The summed E-state index contributed by atoms with van der Waals surface area (Å²) >= 11 is 6.51. The van der Waals surface area contributed by atoms with Gasteiger partial charge in [-0.2, -0.15) is 0 Å². The van der Waals surface area contributed by atoms with Crippen molar-refractivity contribution in [2.75, 3.05) is 5.73 Å². The molecule has 1 aromatic carbocycles. The Balaban J connectivity index is 2.39. The van der Waals surface area contributed by atoms with Crippen LogP contribution in [0.15, 0.2) is 38.4 Å². The lowest BCUT2D eigenvalue weighted by molar-refractivity contribution is 0.539. The van der Waals surface area contributed by atoms with Gasteiger partial charge in [0, 0.05) is 21.3 Å². The maximum absolute atomic E-state index is 12.6. The molecule has 1 atom stereocenters. The normalized spacial score (nSPS) is 13.3. The van der Waals surface area contributed by atoms with Crippen molar-refractivity contribution in [3.63, 3.8) is 0 Å². The van der Waals surface area contributed by atoms with E-state index in [1.165, 1.54) is 0 Å². The van der Waals surface area contributed by atoms with E-state index in [0.29, 0.717) is 21.2 Å². The fourth-order valence-electron chi connectivity index (χ4n) is 1.91. The molecule has 6 nitrogen and oxygen atoms in total. The smallest absolute Gasteiger partial charge is 0.244 e. The van der Waals surface area contributed by atoms with Crippen LogP contribution in [-0.4, -0.2) is 18.4 Å². The Labute approximate surface area is 139 Å². The minimum atomic E-state index is -3.78. The summed E-state index contributed by atoms with van der Waals surface area (Å²) in [4.78, 5) is 7.03. The molecule has 0 aliphatic carbocycles. The number of halogens is 2. The zero-order valence-corrected chi connectivity index (χ0v) is 15.1. The van der Waals surface area contributed by atoms with Gasteiger partial charge in [-0.05, 0) is 34.5 Å². The summed E-state index contributed by atoms with van der Waals surface area (Å²) in [6.45, 7) is 1.87. The van der Waals surface area contributed by atoms with Crippen molar-refractivity contribution in [1.29, 1.82) is 0 Å². The van der Waals surface area contributed by atoms with Gasteiger partial charge in [0.05, 0.1) is 11.7 Å². The van der Waals surface area contributed by atoms with Gasteiger partial charge in [0.25, 0.3) is 0 Å². The first-order chi connectivity index (χ1) is 9.85. The number of aromatic amines is 1. The molecule has 1 aromatic heterocycles. The Bertz CT molecular complexity index is 709. The number of rotatable bonds is 5. The zero-order valence-electron chi connectivity index (χ0n) is 11.1. The van der Waals surface area contributed by atoms with E-state index in [1.807, 2.05) is 6.92 Å². The molecule has 1 unspecified atom stereocenters. The highest BCUT2D eigenvalue weighted by atomic mass is 79.9. The highest BCUT2D eigenvalue weighted by Crippen LogP contribution is 2.32. The summed E-state index contributed by atoms with van der Waals surface area (Å²) in [5.41, 5.74) is 6.01. The fourth-order valence-corrected chi connectivity index (χ4v) is 5.26. The molecule has 0 saturated carbocycles. The van der Waals surface area contributed by atoms with E-state index in [2.05, 4.69) is 46.5 Å². The molecule has 2 aromatic rings. The maximum atomic E-state index is 12.6. The van der Waals surface area contributed by atoms with Crippen molar-refractivity contribution >= 4 is 47.6 Å². The Morgan fingerprint density at radius 3 is 2.67 bits per heavy atom. The van der Waals surface area contributed by atoms with E-state index < -0.39 is 16.1 Å². The molecule has 0 fully saturated rings. The van der Waals surface area contributed by atoms with E-state index in [0.717, 1.165) is 0 Å². The van der Waals surface area contributed by atoms with Gasteiger partial charge < -0.3 is 10.7 Å². The molecular formula is C12H14Br2N4O2S. The molecule has 1 heterocycles. The Morgan fingerprint density at radius 2 is 2.14 bits per heavy atom. The number of sulfonamides is 1. The van der Waals surface area contributed by atoms with E-state index in [1.54, 1.807) is 24.5 Å². The fraction of sp³-hybridized carbons (Fsp3) is 0.250. The summed E-state index contributed by atoms with van der Waals surface area (Å²) in [5, 5.41) is 0. The molecular weight excluding hydrogens is 424 g/mol. The number of nitrogens with two attached hydrogens (primary N) is 1. The van der Waals surface area contributed by atoms with Crippen molar-refractivity contribution in [2.24, 2.45) is 0 Å². The number of hydrogen-bond donors (Lipinski definition) is 3. The SMILES string of the molecule is CCC(NS(=O)(=O)c1c(N)cc(Br)cc1Br)c1ncc[nH]1. The molecule has 4 N–H and O–H groups in total. The average Bonchev–Trinajstić information content (AvgIpc) is 2.87. The van der Waals surface area contributed by atoms with Gasteiger partial charge in [-0.3, -0.25) is 0 Å². The number of benzene rings is 1. The van der Waals surface area contributed by atoms with Crippen LogP contribution in [0.5, 0.6) is 0 Å². The highest BCUT2D eigenvalue weighted by Gasteiger charge is 2.26. The van der Waals surface area contributed by atoms with Crippen LogP contribution in [0.2, 0.25) is 0 Å². The Morgan fingerprint density at radius 1 is 1.43 bits per heavy atom. The maximum Gasteiger partial charge on any atom is 0.244 e. The zero-order chi connectivity index (χ0) is 15.6. The van der Waals surface area contributed by atoms with Crippen LogP contribution in [0, 0.1) is 0 Å². The van der Waals surface area contributed by atoms with Crippen LogP contribution in [0.1, 0.15) is 25.2 Å². The minimum absolute atomic E-state index is 0.0238. The topological polar surface area (TPSA) is 101 Å². The van der Waals surface area contributed by atoms with Gasteiger partial charge in [-0.25, -0.2) is 18.1 Å². The molecule has 9 heteroatoms. The number of imidazole rings is 1. The largest absolute Gasteiger partial charge is 0.398 e. The molecule has 0 spiro atoms. The van der Waals surface area contributed by atoms with Crippen LogP contribution >= 0.6 is 31.9 Å². The van der Waals surface area contributed by atoms with Gasteiger partial charge >= 0.3 is 0 Å². The Kier molecular flexibility index (Phi) is 5.07. The molecule has 2 rings (SSSR count). The molecule has 114 valence electrons. The minimum Gasteiger partial charge on any atom is -0.398 e. The summed E-state index contributed by atoms with van der Waals surface area (Å²) in [6, 6.07) is 2.74. The molecule has 0 saturated heterocycles. The van der Waals surface area contributed by atoms with E-state index in [-0.39, 0.29) is 10.6 Å². The lowest BCUT2D eigenvalue weighted by Gasteiger charge is -2.17. The van der Waals surface area contributed by atoms with E-state index in [4.69, 9.17) is 5.73 Å². The van der Waals surface area contributed by atoms with Gasteiger partial charge in [0.1, 0.15) is 10.7 Å². The number of aromatic nitrogens is 2. The van der Waals surface area contributed by atoms with Crippen LogP contribution < -0.4 is 10.5 Å². The number of nitrogens with zero attached hydrogens (tertiary/aromatic N) is 1. The van der Waals surface area contributed by atoms with Crippen LogP contribution in [-0.2, 0) is 10.0 Å². The van der Waals surface area contributed by atoms with E-state index in [9.17, 15) is 8.42 Å². The molecule has 0 bridgehead atoms. The third kappa shape index (κ3) is 3.65. The second-order valence-corrected chi connectivity index (χ2v) is 7.78. The highest BCUT2D eigenvalue weighted by molar-refractivity contribution is 9.11. The average molecular weight is 438 g/mol. The second-order valence-electron chi connectivity index (χ2n) is 4.36. The molecule has 0 radical (unpaired) electrons. The van der Waals surface area contributed by atoms with Crippen molar-refractivity contribution < 1.29 is 8.42 Å². The lowest BCUT2D eigenvalue weighted by Crippen LogP contribution is -2.30. The third-order valence-corrected chi connectivity index (χ3v) is 5.79. The Hall–Kier alpha value is -0.900. The molecule has 21 heavy (non-hydrogen) atoms. The predicted molar refractivity (Wildman–Crippen MR) is 88.2 cm³/mol. The van der Waals surface area contributed by atoms with Gasteiger partial charge in [0.2, 0.25) is 10.0 Å². The molecule has 0 amide bonds. The predicted octanol–water partition coefficient (Wildman–Crippen LogP) is 2.95. The van der Waals surface area contributed by atoms with Gasteiger partial charge in [-0.15, -0.1) is 0 Å². The molecule has 0 aliphatic heterocycles. The standard InChI is InChI=1S/C12H14Br2N4O2S/c1-2-10(12-16-3-4-17-12)18-21(19,20)11-8(14)5-7(13)6-9(11)15/h3-6,10,18H,2,15H2,1H3,(H,16,17). The van der Waals surface area contributed by atoms with Crippen LogP contribution in [0.25, 0.3) is 0 Å². The monoisotopic (exact) mass is 436 g/mol. The van der Waals surface area contributed by atoms with Crippen LogP contribution in [0.4, 0.5) is 5.69 Å². The quantitative estimate of drug-likeness (QED) is 0.625. The summed E-state index contributed by atoms with van der Waals surface area (Å²) < 4.78 is 28.9. The second kappa shape index (κ2) is 6.47. The third-order valence-electron chi connectivity index (χ3n) is 2.86.